The highest BCUT2D eigenvalue weighted by molar-refractivity contribution is 4.92. The molecule has 0 atom stereocenters. The van der Waals surface area contributed by atoms with E-state index in [0.29, 0.717) is 12.4 Å². The number of nitrogens with two attached hydrogens (primary N) is 1. The third-order valence-electron chi connectivity index (χ3n) is 3.87. The van der Waals surface area contributed by atoms with Gasteiger partial charge in [0.15, 0.2) is 5.82 Å². The van der Waals surface area contributed by atoms with Crippen molar-refractivity contribution in [3.63, 3.8) is 0 Å². The van der Waals surface area contributed by atoms with Crippen molar-refractivity contribution in [3.05, 3.63) is 16.4 Å². The standard InChI is InChI=1S/C12H21N3O2/c13-9-12(6-4-2-1-3-5-7-12)8-10-14-11(16)17-15-10/h1-9,13H2,(H,14,15,16). The molecule has 1 fully saturated rings. The van der Waals surface area contributed by atoms with Crippen LogP contribution in [0.25, 0.3) is 0 Å². The molecule has 1 aliphatic rings. The summed E-state index contributed by atoms with van der Waals surface area (Å²) >= 11 is 0. The van der Waals surface area contributed by atoms with Crippen LogP contribution in [-0.4, -0.2) is 16.7 Å². The molecule has 17 heavy (non-hydrogen) atoms. The van der Waals surface area contributed by atoms with Crippen molar-refractivity contribution in [3.8, 4) is 0 Å². The maximum Gasteiger partial charge on any atom is 0.438 e. The Bertz CT molecular complexity index is 388. The SMILES string of the molecule is NCC1(Cc2noc(=O)[nH]2)CCCCCCC1. The Balaban J connectivity index is 2.08. The van der Waals surface area contributed by atoms with Crippen molar-refractivity contribution in [2.45, 2.75) is 51.4 Å². The van der Waals surface area contributed by atoms with Crippen molar-refractivity contribution in [1.82, 2.24) is 10.1 Å². The van der Waals surface area contributed by atoms with Gasteiger partial charge in [-0.3, -0.25) is 9.51 Å². The Morgan fingerprint density at radius 1 is 1.24 bits per heavy atom. The molecule has 1 heterocycles. The third-order valence-corrected chi connectivity index (χ3v) is 3.87. The molecule has 0 aromatic carbocycles. The molecule has 1 saturated carbocycles. The van der Waals surface area contributed by atoms with E-state index in [1.165, 1.54) is 32.1 Å². The Morgan fingerprint density at radius 3 is 2.41 bits per heavy atom. The van der Waals surface area contributed by atoms with Gasteiger partial charge < -0.3 is 5.73 Å². The molecule has 2 rings (SSSR count). The minimum atomic E-state index is -0.474. The van der Waals surface area contributed by atoms with Crippen molar-refractivity contribution >= 4 is 0 Å². The minimum absolute atomic E-state index is 0.0975. The molecule has 0 aliphatic heterocycles. The van der Waals surface area contributed by atoms with Gasteiger partial charge in [-0.1, -0.05) is 37.3 Å². The first-order valence-electron chi connectivity index (χ1n) is 6.49. The molecule has 0 spiro atoms. The van der Waals surface area contributed by atoms with Gasteiger partial charge in [-0.25, -0.2) is 4.79 Å². The number of hydrogen-bond acceptors (Lipinski definition) is 4. The highest BCUT2D eigenvalue weighted by Crippen LogP contribution is 2.35. The van der Waals surface area contributed by atoms with Crippen LogP contribution in [0.15, 0.2) is 9.32 Å². The van der Waals surface area contributed by atoms with Crippen LogP contribution in [0.5, 0.6) is 0 Å². The molecule has 0 bridgehead atoms. The van der Waals surface area contributed by atoms with E-state index in [4.69, 9.17) is 5.73 Å². The lowest BCUT2D eigenvalue weighted by Gasteiger charge is -2.33. The Labute approximate surface area is 101 Å². The van der Waals surface area contributed by atoms with Gasteiger partial charge in [-0.2, -0.15) is 0 Å². The zero-order chi connectivity index (χ0) is 12.1. The van der Waals surface area contributed by atoms with E-state index in [1.807, 2.05) is 0 Å². The van der Waals surface area contributed by atoms with E-state index in [0.717, 1.165) is 19.3 Å². The topological polar surface area (TPSA) is 84.9 Å². The number of H-pyrrole nitrogens is 1. The van der Waals surface area contributed by atoms with Crippen LogP contribution in [0.2, 0.25) is 0 Å². The first-order valence-corrected chi connectivity index (χ1v) is 6.49. The van der Waals surface area contributed by atoms with Crippen LogP contribution < -0.4 is 11.5 Å². The van der Waals surface area contributed by atoms with Crippen LogP contribution in [0, 0.1) is 5.41 Å². The summed E-state index contributed by atoms with van der Waals surface area (Å²) in [6, 6.07) is 0. The second kappa shape index (κ2) is 5.49. The van der Waals surface area contributed by atoms with Crippen LogP contribution >= 0.6 is 0 Å². The van der Waals surface area contributed by atoms with Gasteiger partial charge >= 0.3 is 5.76 Å². The van der Waals surface area contributed by atoms with Gasteiger partial charge in [0.05, 0.1) is 0 Å². The highest BCUT2D eigenvalue weighted by atomic mass is 16.5. The third kappa shape index (κ3) is 3.19. The first kappa shape index (κ1) is 12.4. The molecule has 3 N–H and O–H groups in total. The van der Waals surface area contributed by atoms with Gasteiger partial charge in [0.25, 0.3) is 0 Å². The molecular weight excluding hydrogens is 218 g/mol. The van der Waals surface area contributed by atoms with Crippen molar-refractivity contribution in [2.75, 3.05) is 6.54 Å². The van der Waals surface area contributed by atoms with Crippen LogP contribution in [-0.2, 0) is 6.42 Å². The maximum absolute atomic E-state index is 10.9. The average Bonchev–Trinajstić information content (AvgIpc) is 2.68. The van der Waals surface area contributed by atoms with Gasteiger partial charge in [0.1, 0.15) is 0 Å². The zero-order valence-electron chi connectivity index (χ0n) is 10.2. The fourth-order valence-electron chi connectivity index (χ4n) is 2.80. The summed E-state index contributed by atoms with van der Waals surface area (Å²) < 4.78 is 4.55. The molecule has 1 aromatic heterocycles. The highest BCUT2D eigenvalue weighted by Gasteiger charge is 2.30. The lowest BCUT2D eigenvalue weighted by molar-refractivity contribution is 0.210. The summed E-state index contributed by atoms with van der Waals surface area (Å²) in [7, 11) is 0. The first-order chi connectivity index (χ1) is 8.24. The second-order valence-electron chi connectivity index (χ2n) is 5.19. The second-order valence-corrected chi connectivity index (χ2v) is 5.19. The summed E-state index contributed by atoms with van der Waals surface area (Å²) in [6.45, 7) is 0.655. The molecule has 0 radical (unpaired) electrons. The molecule has 1 aliphatic carbocycles. The van der Waals surface area contributed by atoms with E-state index in [1.54, 1.807) is 0 Å². The van der Waals surface area contributed by atoms with Crippen LogP contribution in [0.1, 0.15) is 50.8 Å². The maximum atomic E-state index is 10.9. The molecule has 5 heteroatoms. The van der Waals surface area contributed by atoms with E-state index < -0.39 is 5.76 Å². The van der Waals surface area contributed by atoms with Gasteiger partial charge in [-0.15, -0.1) is 0 Å². The number of hydrogen-bond donors (Lipinski definition) is 2. The zero-order valence-corrected chi connectivity index (χ0v) is 10.2. The molecular formula is C12H21N3O2. The molecule has 1 aromatic rings. The number of aromatic nitrogens is 2. The number of nitrogens with zero attached hydrogens (tertiary/aromatic N) is 1. The Kier molecular flexibility index (Phi) is 3.99. The number of nitrogens with one attached hydrogen (secondary N) is 1. The van der Waals surface area contributed by atoms with Crippen LogP contribution in [0.4, 0.5) is 0 Å². The quantitative estimate of drug-likeness (QED) is 0.839. The lowest BCUT2D eigenvalue weighted by atomic mass is 9.74. The van der Waals surface area contributed by atoms with Gasteiger partial charge in [0.2, 0.25) is 0 Å². The van der Waals surface area contributed by atoms with Gasteiger partial charge in [-0.05, 0) is 24.8 Å². The van der Waals surface area contributed by atoms with Gasteiger partial charge in [0, 0.05) is 6.42 Å². The van der Waals surface area contributed by atoms with Crippen molar-refractivity contribution in [2.24, 2.45) is 11.1 Å². The van der Waals surface area contributed by atoms with E-state index in [-0.39, 0.29) is 5.41 Å². The monoisotopic (exact) mass is 239 g/mol. The molecule has 96 valence electrons. The summed E-state index contributed by atoms with van der Waals surface area (Å²) in [4.78, 5) is 13.6. The Morgan fingerprint density at radius 2 is 1.88 bits per heavy atom. The fraction of sp³-hybridized carbons (Fsp3) is 0.833. The smallest absolute Gasteiger partial charge is 0.330 e. The Hall–Kier alpha value is -1.10. The predicted octanol–water partition coefficient (Wildman–Crippen LogP) is 1.59. The van der Waals surface area contributed by atoms with E-state index >= 15 is 0 Å². The normalized spacial score (nSPS) is 20.8. The van der Waals surface area contributed by atoms with E-state index in [9.17, 15) is 4.79 Å². The molecule has 5 nitrogen and oxygen atoms in total. The molecule has 0 amide bonds. The minimum Gasteiger partial charge on any atom is -0.330 e. The predicted molar refractivity (Wildman–Crippen MR) is 64.6 cm³/mol. The summed E-state index contributed by atoms with van der Waals surface area (Å²) in [6.07, 6.45) is 9.33. The van der Waals surface area contributed by atoms with Crippen molar-refractivity contribution < 1.29 is 4.52 Å². The number of rotatable bonds is 3. The molecule has 0 unspecified atom stereocenters. The summed E-state index contributed by atoms with van der Waals surface area (Å²) in [5.74, 6) is 0.166. The largest absolute Gasteiger partial charge is 0.438 e. The summed E-state index contributed by atoms with van der Waals surface area (Å²) in [5.41, 5.74) is 6.06. The van der Waals surface area contributed by atoms with E-state index in [2.05, 4.69) is 14.7 Å². The average molecular weight is 239 g/mol. The van der Waals surface area contributed by atoms with Crippen molar-refractivity contribution in [1.29, 1.82) is 0 Å². The molecule has 0 saturated heterocycles. The summed E-state index contributed by atoms with van der Waals surface area (Å²) in [5, 5.41) is 3.76. The number of aromatic amines is 1. The lowest BCUT2D eigenvalue weighted by Crippen LogP contribution is -2.34. The fourth-order valence-corrected chi connectivity index (χ4v) is 2.80. The van der Waals surface area contributed by atoms with Crippen LogP contribution in [0.3, 0.4) is 0 Å².